The predicted molar refractivity (Wildman–Crippen MR) is 80.1 cm³/mol. The minimum absolute atomic E-state index is 0.682. The van der Waals surface area contributed by atoms with E-state index in [0.29, 0.717) is 6.04 Å². The molecule has 0 spiro atoms. The van der Waals surface area contributed by atoms with E-state index < -0.39 is 0 Å². The summed E-state index contributed by atoms with van der Waals surface area (Å²) in [5.74, 6) is 0.801. The zero-order valence-electron chi connectivity index (χ0n) is 11.9. The van der Waals surface area contributed by atoms with Crippen molar-refractivity contribution < 1.29 is 0 Å². The molecule has 1 aliphatic rings. The molecule has 1 unspecified atom stereocenters. The van der Waals surface area contributed by atoms with Crippen LogP contribution in [0.1, 0.15) is 57.9 Å². The molecule has 0 bridgehead atoms. The summed E-state index contributed by atoms with van der Waals surface area (Å²) in [7, 11) is 0. The lowest BCUT2D eigenvalue weighted by atomic mass is 9.87. The Kier molecular flexibility index (Phi) is 5.10. The maximum Gasteiger partial charge on any atom is 0.0374 e. The van der Waals surface area contributed by atoms with Crippen LogP contribution in [-0.2, 0) is 6.42 Å². The van der Waals surface area contributed by atoms with Crippen molar-refractivity contribution in [3.63, 3.8) is 0 Å². The highest BCUT2D eigenvalue weighted by Crippen LogP contribution is 2.29. The first kappa shape index (κ1) is 13.5. The van der Waals surface area contributed by atoms with E-state index in [1.54, 1.807) is 0 Å². The van der Waals surface area contributed by atoms with Gasteiger partial charge in [-0.3, -0.25) is 0 Å². The van der Waals surface area contributed by atoms with Crippen molar-refractivity contribution in [3.8, 4) is 0 Å². The van der Waals surface area contributed by atoms with E-state index in [9.17, 15) is 0 Å². The quantitative estimate of drug-likeness (QED) is 0.694. The molecule has 1 heteroatoms. The highest BCUT2D eigenvalue weighted by atomic mass is 14.9. The van der Waals surface area contributed by atoms with Gasteiger partial charge in [-0.2, -0.15) is 0 Å². The maximum atomic E-state index is 3.74. The van der Waals surface area contributed by atoms with Crippen LogP contribution in [-0.4, -0.2) is 6.04 Å². The Balaban J connectivity index is 1.81. The Bertz CT molecular complexity index is 358. The van der Waals surface area contributed by atoms with Crippen LogP contribution in [0.2, 0.25) is 0 Å². The zero-order chi connectivity index (χ0) is 12.8. The Morgan fingerprint density at radius 1 is 1.22 bits per heavy atom. The van der Waals surface area contributed by atoms with Gasteiger partial charge in [0.2, 0.25) is 0 Å². The van der Waals surface area contributed by atoms with Crippen molar-refractivity contribution >= 4 is 5.69 Å². The van der Waals surface area contributed by atoms with E-state index in [0.717, 1.165) is 5.92 Å². The third-order valence-corrected chi connectivity index (χ3v) is 4.28. The lowest BCUT2D eigenvalue weighted by Crippen LogP contribution is -2.31. The molecule has 0 aromatic heterocycles. The van der Waals surface area contributed by atoms with Gasteiger partial charge < -0.3 is 5.32 Å². The fourth-order valence-electron chi connectivity index (χ4n) is 2.98. The average molecular weight is 245 g/mol. The Morgan fingerprint density at radius 2 is 2.06 bits per heavy atom. The molecule has 2 atom stereocenters. The number of nitrogens with one attached hydrogen (secondary N) is 1. The molecule has 1 N–H and O–H groups in total. The fourth-order valence-corrected chi connectivity index (χ4v) is 2.98. The molecule has 1 aromatic carbocycles. The van der Waals surface area contributed by atoms with E-state index in [-0.39, 0.29) is 0 Å². The van der Waals surface area contributed by atoms with Crippen molar-refractivity contribution in [2.24, 2.45) is 5.92 Å². The molecule has 2 rings (SSSR count). The van der Waals surface area contributed by atoms with Crippen molar-refractivity contribution in [3.05, 3.63) is 29.8 Å². The second kappa shape index (κ2) is 6.82. The maximum absolute atomic E-state index is 3.74. The summed E-state index contributed by atoms with van der Waals surface area (Å²) in [6.07, 6.45) is 9.45. The summed E-state index contributed by atoms with van der Waals surface area (Å²) in [6.45, 7) is 4.70. The van der Waals surface area contributed by atoms with Crippen molar-refractivity contribution in [1.29, 1.82) is 0 Å². The molecule has 0 amide bonds. The summed E-state index contributed by atoms with van der Waals surface area (Å²) in [5, 5.41) is 3.74. The Labute approximate surface area is 112 Å². The first-order valence-corrected chi connectivity index (χ1v) is 7.65. The molecule has 0 saturated heterocycles. The topological polar surface area (TPSA) is 12.0 Å². The molecule has 1 aromatic rings. The van der Waals surface area contributed by atoms with Gasteiger partial charge in [-0.1, -0.05) is 57.7 Å². The zero-order valence-corrected chi connectivity index (χ0v) is 11.9. The monoisotopic (exact) mass is 245 g/mol. The number of benzene rings is 1. The minimum Gasteiger partial charge on any atom is -0.382 e. The summed E-state index contributed by atoms with van der Waals surface area (Å²) >= 11 is 0. The fraction of sp³-hybridized carbons (Fsp3) is 0.647. The standard InChI is InChI=1S/C17H27N/c1-3-4-5-6-9-14(2)16-13-12-15-10-7-8-11-17(15)18-16/h7-8,10-11,14,16,18H,3-6,9,12-13H2,1-2H3/t14?,16-/m1/s1. The van der Waals surface area contributed by atoms with Gasteiger partial charge in [-0.25, -0.2) is 0 Å². The summed E-state index contributed by atoms with van der Waals surface area (Å²) in [4.78, 5) is 0. The largest absolute Gasteiger partial charge is 0.382 e. The van der Waals surface area contributed by atoms with Gasteiger partial charge in [0, 0.05) is 11.7 Å². The first-order chi connectivity index (χ1) is 8.81. The molecule has 0 radical (unpaired) electrons. The van der Waals surface area contributed by atoms with E-state index in [1.165, 1.54) is 56.2 Å². The normalized spacial score (nSPS) is 20.0. The summed E-state index contributed by atoms with van der Waals surface area (Å²) < 4.78 is 0. The average Bonchev–Trinajstić information content (AvgIpc) is 2.43. The van der Waals surface area contributed by atoms with Crippen LogP contribution in [0.4, 0.5) is 5.69 Å². The third kappa shape index (κ3) is 3.51. The van der Waals surface area contributed by atoms with Gasteiger partial charge in [0.25, 0.3) is 0 Å². The van der Waals surface area contributed by atoms with Crippen molar-refractivity contribution in [1.82, 2.24) is 0 Å². The highest BCUT2D eigenvalue weighted by Gasteiger charge is 2.21. The van der Waals surface area contributed by atoms with Gasteiger partial charge in [-0.05, 0) is 36.8 Å². The van der Waals surface area contributed by atoms with Crippen LogP contribution in [0.5, 0.6) is 0 Å². The number of para-hydroxylation sites is 1. The molecule has 0 saturated carbocycles. The summed E-state index contributed by atoms with van der Waals surface area (Å²) in [6, 6.07) is 9.45. The lowest BCUT2D eigenvalue weighted by Gasteiger charge is -2.31. The molecular formula is C17H27N. The van der Waals surface area contributed by atoms with Gasteiger partial charge in [0.1, 0.15) is 0 Å². The second-order valence-electron chi connectivity index (χ2n) is 5.77. The highest BCUT2D eigenvalue weighted by molar-refractivity contribution is 5.53. The van der Waals surface area contributed by atoms with Crippen molar-refractivity contribution in [2.45, 2.75) is 64.8 Å². The van der Waals surface area contributed by atoms with Gasteiger partial charge in [-0.15, -0.1) is 0 Å². The molecule has 100 valence electrons. The van der Waals surface area contributed by atoms with E-state index in [2.05, 4.69) is 43.4 Å². The molecule has 1 aliphatic heterocycles. The number of aryl methyl sites for hydroxylation is 1. The number of anilines is 1. The van der Waals surface area contributed by atoms with Crippen LogP contribution in [0, 0.1) is 5.92 Å². The third-order valence-electron chi connectivity index (χ3n) is 4.28. The number of hydrogen-bond donors (Lipinski definition) is 1. The number of hydrogen-bond acceptors (Lipinski definition) is 1. The Hall–Kier alpha value is -0.980. The molecule has 0 aliphatic carbocycles. The Morgan fingerprint density at radius 3 is 2.89 bits per heavy atom. The van der Waals surface area contributed by atoms with Crippen LogP contribution in [0.15, 0.2) is 24.3 Å². The smallest absolute Gasteiger partial charge is 0.0374 e. The summed E-state index contributed by atoms with van der Waals surface area (Å²) in [5.41, 5.74) is 2.86. The number of fused-ring (bicyclic) bond motifs is 1. The molecule has 0 fully saturated rings. The van der Waals surface area contributed by atoms with Crippen LogP contribution < -0.4 is 5.32 Å². The second-order valence-corrected chi connectivity index (χ2v) is 5.77. The van der Waals surface area contributed by atoms with Gasteiger partial charge in [0.05, 0.1) is 0 Å². The van der Waals surface area contributed by atoms with E-state index in [4.69, 9.17) is 0 Å². The molecule has 1 heterocycles. The molecule has 18 heavy (non-hydrogen) atoms. The minimum atomic E-state index is 0.682. The molecule has 1 nitrogen and oxygen atoms in total. The number of rotatable bonds is 6. The van der Waals surface area contributed by atoms with E-state index >= 15 is 0 Å². The van der Waals surface area contributed by atoms with Gasteiger partial charge in [0.15, 0.2) is 0 Å². The van der Waals surface area contributed by atoms with Crippen molar-refractivity contribution in [2.75, 3.05) is 5.32 Å². The SMILES string of the molecule is CCCCCCC(C)[C@H]1CCc2ccccc2N1. The first-order valence-electron chi connectivity index (χ1n) is 7.65. The lowest BCUT2D eigenvalue weighted by molar-refractivity contribution is 0.403. The van der Waals surface area contributed by atoms with Crippen LogP contribution in [0.25, 0.3) is 0 Å². The van der Waals surface area contributed by atoms with Crippen LogP contribution in [0.3, 0.4) is 0 Å². The molecular weight excluding hydrogens is 218 g/mol. The van der Waals surface area contributed by atoms with E-state index in [1.807, 2.05) is 0 Å². The predicted octanol–water partition coefficient (Wildman–Crippen LogP) is 5.02. The number of unbranched alkanes of at least 4 members (excludes halogenated alkanes) is 3. The van der Waals surface area contributed by atoms with Gasteiger partial charge >= 0.3 is 0 Å². The van der Waals surface area contributed by atoms with Crippen LogP contribution >= 0.6 is 0 Å².